The highest BCUT2D eigenvalue weighted by Crippen LogP contribution is 2.29. The summed E-state index contributed by atoms with van der Waals surface area (Å²) in [5.74, 6) is -3.27. The van der Waals surface area contributed by atoms with Gasteiger partial charge in [-0.1, -0.05) is 17.7 Å². The van der Waals surface area contributed by atoms with Gasteiger partial charge >= 0.3 is 17.9 Å². The number of hydrogen-bond acceptors (Lipinski definition) is 4. The molecule has 0 aromatic heterocycles. The van der Waals surface area contributed by atoms with Crippen LogP contribution >= 0.6 is 0 Å². The van der Waals surface area contributed by atoms with Crippen LogP contribution in [0.1, 0.15) is 15.9 Å². The molecule has 0 saturated carbocycles. The van der Waals surface area contributed by atoms with Gasteiger partial charge in [-0.15, -0.1) is 0 Å². The molecular formula is C12H12F3NO4. The molecule has 0 radical (unpaired) electrons. The summed E-state index contributed by atoms with van der Waals surface area (Å²) in [6.45, 7) is 1.63. The first kappa shape index (κ1) is 16.0. The van der Waals surface area contributed by atoms with Crippen LogP contribution in [-0.2, 0) is 9.53 Å². The highest BCUT2D eigenvalue weighted by atomic mass is 19.4. The van der Waals surface area contributed by atoms with Crippen molar-refractivity contribution in [2.24, 2.45) is 0 Å². The zero-order chi connectivity index (χ0) is 15.6. The fourth-order valence-corrected chi connectivity index (χ4v) is 1.41. The van der Waals surface area contributed by atoms with Gasteiger partial charge in [0.2, 0.25) is 0 Å². The number of hydrogen-bond donors (Lipinski definition) is 2. The smallest absolute Gasteiger partial charge is 0.448 e. The highest BCUT2D eigenvalue weighted by molar-refractivity contribution is 5.98. The molecule has 1 aromatic carbocycles. The van der Waals surface area contributed by atoms with Gasteiger partial charge < -0.3 is 15.2 Å². The van der Waals surface area contributed by atoms with Gasteiger partial charge in [0.1, 0.15) is 0 Å². The Labute approximate surface area is 112 Å². The molecule has 0 unspecified atom stereocenters. The summed E-state index contributed by atoms with van der Waals surface area (Å²) < 4.78 is 42.1. The number of rotatable bonds is 3. The SMILES string of the molecule is COC(=O)[C@](O)(NC(=O)c1cccc(C)c1)C(F)(F)F. The summed E-state index contributed by atoms with van der Waals surface area (Å²) in [5.41, 5.74) is -3.59. The second-order valence-corrected chi connectivity index (χ2v) is 4.02. The van der Waals surface area contributed by atoms with E-state index in [1.54, 1.807) is 13.0 Å². The molecule has 0 aliphatic carbocycles. The van der Waals surface area contributed by atoms with Gasteiger partial charge in [-0.25, -0.2) is 4.79 Å². The third-order valence-electron chi connectivity index (χ3n) is 2.47. The van der Waals surface area contributed by atoms with E-state index in [0.717, 1.165) is 0 Å². The minimum absolute atomic E-state index is 0.128. The molecule has 1 atom stereocenters. The maximum atomic E-state index is 12.7. The monoisotopic (exact) mass is 291 g/mol. The summed E-state index contributed by atoms with van der Waals surface area (Å²) in [7, 11) is 0.665. The average molecular weight is 291 g/mol. The number of esters is 1. The topological polar surface area (TPSA) is 75.6 Å². The quantitative estimate of drug-likeness (QED) is 0.647. The number of alkyl halides is 3. The van der Waals surface area contributed by atoms with Crippen molar-refractivity contribution in [1.82, 2.24) is 5.32 Å². The van der Waals surface area contributed by atoms with Crippen LogP contribution in [0.4, 0.5) is 13.2 Å². The first-order valence-electron chi connectivity index (χ1n) is 5.38. The van der Waals surface area contributed by atoms with Crippen LogP contribution in [0, 0.1) is 6.92 Å². The minimum atomic E-state index is -5.42. The number of carbonyl (C=O) groups excluding carboxylic acids is 2. The molecule has 0 bridgehead atoms. The van der Waals surface area contributed by atoms with Gasteiger partial charge in [0.15, 0.2) is 0 Å². The Morgan fingerprint density at radius 2 is 1.90 bits per heavy atom. The summed E-state index contributed by atoms with van der Waals surface area (Å²) in [6.07, 6.45) is -5.42. The van der Waals surface area contributed by atoms with E-state index in [9.17, 15) is 27.9 Å². The molecule has 8 heteroatoms. The number of aryl methyl sites for hydroxylation is 1. The predicted molar refractivity (Wildman–Crippen MR) is 61.7 cm³/mol. The van der Waals surface area contributed by atoms with Crippen molar-refractivity contribution < 1.29 is 32.6 Å². The Bertz CT molecular complexity index is 530. The lowest BCUT2D eigenvalue weighted by molar-refractivity contribution is -0.268. The van der Waals surface area contributed by atoms with Gasteiger partial charge in [0.05, 0.1) is 7.11 Å². The maximum Gasteiger partial charge on any atom is 0.448 e. The van der Waals surface area contributed by atoms with Crippen molar-refractivity contribution >= 4 is 11.9 Å². The summed E-state index contributed by atoms with van der Waals surface area (Å²) in [5, 5.41) is 10.6. The van der Waals surface area contributed by atoms with E-state index >= 15 is 0 Å². The van der Waals surface area contributed by atoms with Gasteiger partial charge in [-0.3, -0.25) is 4.79 Å². The molecule has 1 amide bonds. The van der Waals surface area contributed by atoms with Crippen molar-refractivity contribution in [2.75, 3.05) is 7.11 Å². The lowest BCUT2D eigenvalue weighted by Crippen LogP contribution is -2.64. The highest BCUT2D eigenvalue weighted by Gasteiger charge is 2.62. The standard InChI is InChI=1S/C12H12F3NO4/c1-7-4-3-5-8(6-7)9(17)16-11(19,10(18)20-2)12(13,14)15/h3-6,19H,1-2H3,(H,16,17)/t11-/m1/s1. The Hall–Kier alpha value is -2.09. The van der Waals surface area contributed by atoms with E-state index in [-0.39, 0.29) is 5.56 Å². The first-order chi connectivity index (χ1) is 9.11. The molecule has 0 fully saturated rings. The van der Waals surface area contributed by atoms with Crippen LogP contribution in [0.3, 0.4) is 0 Å². The normalized spacial score (nSPS) is 14.3. The molecule has 110 valence electrons. The Kier molecular flexibility index (Phi) is 4.39. The zero-order valence-corrected chi connectivity index (χ0v) is 10.6. The summed E-state index contributed by atoms with van der Waals surface area (Å²) in [6, 6.07) is 5.64. The molecule has 0 saturated heterocycles. The second-order valence-electron chi connectivity index (χ2n) is 4.02. The molecule has 2 N–H and O–H groups in total. The molecule has 0 aliphatic rings. The van der Waals surface area contributed by atoms with Crippen molar-refractivity contribution in [1.29, 1.82) is 0 Å². The fourth-order valence-electron chi connectivity index (χ4n) is 1.41. The van der Waals surface area contributed by atoms with E-state index in [1.807, 2.05) is 0 Å². The predicted octanol–water partition coefficient (Wildman–Crippen LogP) is 1.15. The van der Waals surface area contributed by atoms with Gasteiger partial charge in [-0.05, 0) is 19.1 Å². The van der Waals surface area contributed by atoms with Crippen LogP contribution < -0.4 is 5.32 Å². The number of carbonyl (C=O) groups is 2. The molecule has 20 heavy (non-hydrogen) atoms. The van der Waals surface area contributed by atoms with E-state index in [2.05, 4.69) is 4.74 Å². The van der Waals surface area contributed by atoms with E-state index < -0.39 is 23.8 Å². The van der Waals surface area contributed by atoms with Crippen LogP contribution in [0.2, 0.25) is 0 Å². The molecule has 0 aliphatic heterocycles. The number of halogens is 3. The molecule has 5 nitrogen and oxygen atoms in total. The summed E-state index contributed by atoms with van der Waals surface area (Å²) >= 11 is 0. The van der Waals surface area contributed by atoms with Crippen LogP contribution in [0.5, 0.6) is 0 Å². The van der Waals surface area contributed by atoms with E-state index in [4.69, 9.17) is 0 Å². The molecular weight excluding hydrogens is 279 g/mol. The molecule has 0 spiro atoms. The number of ether oxygens (including phenoxy) is 1. The van der Waals surface area contributed by atoms with Crippen molar-refractivity contribution in [3.05, 3.63) is 35.4 Å². The molecule has 0 heterocycles. The largest absolute Gasteiger partial charge is 0.465 e. The third kappa shape index (κ3) is 3.08. The first-order valence-corrected chi connectivity index (χ1v) is 5.38. The average Bonchev–Trinajstić information content (AvgIpc) is 2.36. The van der Waals surface area contributed by atoms with E-state index in [0.29, 0.717) is 12.7 Å². The Morgan fingerprint density at radius 1 is 1.30 bits per heavy atom. The van der Waals surface area contributed by atoms with Crippen molar-refractivity contribution in [3.8, 4) is 0 Å². The number of methoxy groups -OCH3 is 1. The van der Waals surface area contributed by atoms with Gasteiger partial charge in [0.25, 0.3) is 5.91 Å². The zero-order valence-electron chi connectivity index (χ0n) is 10.6. The fraction of sp³-hybridized carbons (Fsp3) is 0.333. The maximum absolute atomic E-state index is 12.7. The van der Waals surface area contributed by atoms with Gasteiger partial charge in [-0.2, -0.15) is 13.2 Å². The minimum Gasteiger partial charge on any atom is -0.465 e. The molecule has 1 rings (SSSR count). The van der Waals surface area contributed by atoms with E-state index in [1.165, 1.54) is 23.5 Å². The third-order valence-corrected chi connectivity index (χ3v) is 2.47. The number of aliphatic hydroxyl groups is 1. The van der Waals surface area contributed by atoms with Crippen molar-refractivity contribution in [2.45, 2.75) is 18.8 Å². The lowest BCUT2D eigenvalue weighted by atomic mass is 10.1. The van der Waals surface area contributed by atoms with Crippen LogP contribution in [0.25, 0.3) is 0 Å². The number of nitrogens with one attached hydrogen (secondary N) is 1. The van der Waals surface area contributed by atoms with Crippen molar-refractivity contribution in [3.63, 3.8) is 0 Å². The number of amides is 1. The lowest BCUT2D eigenvalue weighted by Gasteiger charge is -2.28. The van der Waals surface area contributed by atoms with Crippen LogP contribution in [-0.4, -0.2) is 36.0 Å². The summed E-state index contributed by atoms with van der Waals surface area (Å²) in [4.78, 5) is 22.8. The number of benzene rings is 1. The Morgan fingerprint density at radius 3 is 2.35 bits per heavy atom. The Balaban J connectivity index is 3.09. The van der Waals surface area contributed by atoms with Gasteiger partial charge in [0, 0.05) is 5.56 Å². The molecule has 1 aromatic rings. The second kappa shape index (κ2) is 5.49. The van der Waals surface area contributed by atoms with Crippen LogP contribution in [0.15, 0.2) is 24.3 Å².